The lowest BCUT2D eigenvalue weighted by molar-refractivity contribution is 0.800. The Morgan fingerprint density at radius 1 is 1.30 bits per heavy atom. The largest absolute Gasteiger partial charge is 0.361 e. The molecule has 1 aromatic carbocycles. The molecule has 0 aliphatic heterocycles. The average molecular weight is 327 g/mol. The summed E-state index contributed by atoms with van der Waals surface area (Å²) in [5.74, 6) is 0.816. The molecule has 0 atom stereocenters. The minimum atomic E-state index is 0.748. The number of aromatic nitrogens is 2. The van der Waals surface area contributed by atoms with E-state index < -0.39 is 0 Å². The molecule has 0 bridgehead atoms. The molecule has 0 saturated heterocycles. The fraction of sp³-hybridized carbons (Fsp3) is 0.294. The van der Waals surface area contributed by atoms with Gasteiger partial charge in [0.1, 0.15) is 0 Å². The van der Waals surface area contributed by atoms with Gasteiger partial charge in [-0.3, -0.25) is 4.99 Å². The van der Waals surface area contributed by atoms with E-state index in [4.69, 9.17) is 0 Å². The summed E-state index contributed by atoms with van der Waals surface area (Å²) in [6.45, 7) is 3.60. The van der Waals surface area contributed by atoms with Crippen molar-refractivity contribution in [2.75, 3.05) is 13.6 Å². The minimum absolute atomic E-state index is 0.748. The number of nitrogens with zero attached hydrogens (tertiary/aromatic N) is 2. The summed E-state index contributed by atoms with van der Waals surface area (Å²) in [7, 11) is 1.79. The van der Waals surface area contributed by atoms with Gasteiger partial charge in [-0.2, -0.15) is 0 Å². The smallest absolute Gasteiger partial charge is 0.191 e. The van der Waals surface area contributed by atoms with Gasteiger partial charge in [0.25, 0.3) is 0 Å². The van der Waals surface area contributed by atoms with Gasteiger partial charge in [-0.1, -0.05) is 18.2 Å². The predicted molar refractivity (Wildman–Crippen MR) is 97.1 cm³/mol. The van der Waals surface area contributed by atoms with Crippen molar-refractivity contribution in [3.63, 3.8) is 0 Å². The van der Waals surface area contributed by atoms with Gasteiger partial charge in [-0.15, -0.1) is 11.3 Å². The van der Waals surface area contributed by atoms with E-state index in [0.717, 1.165) is 30.5 Å². The summed E-state index contributed by atoms with van der Waals surface area (Å²) in [6, 6.07) is 8.38. The van der Waals surface area contributed by atoms with Gasteiger partial charge in [0.05, 0.1) is 11.6 Å². The summed E-state index contributed by atoms with van der Waals surface area (Å²) in [4.78, 5) is 13.0. The Morgan fingerprint density at radius 2 is 2.17 bits per heavy atom. The van der Waals surface area contributed by atoms with Crippen LogP contribution < -0.4 is 10.6 Å². The minimum Gasteiger partial charge on any atom is -0.361 e. The van der Waals surface area contributed by atoms with Crippen LogP contribution in [0, 0.1) is 6.92 Å². The molecule has 6 heteroatoms. The molecule has 3 N–H and O–H groups in total. The summed E-state index contributed by atoms with van der Waals surface area (Å²) >= 11 is 1.70. The highest BCUT2D eigenvalue weighted by Gasteiger charge is 2.04. The molecule has 0 aliphatic rings. The SMILES string of the molecule is CN=C(NCCc1c[nH]c2ccccc12)NCc1cnc(C)s1. The van der Waals surface area contributed by atoms with Crippen molar-refractivity contribution in [1.82, 2.24) is 20.6 Å². The Hall–Kier alpha value is -2.34. The second-order valence-electron chi connectivity index (χ2n) is 5.31. The number of hydrogen-bond acceptors (Lipinski definition) is 3. The molecule has 0 spiro atoms. The molecule has 120 valence electrons. The first-order valence-electron chi connectivity index (χ1n) is 7.67. The van der Waals surface area contributed by atoms with Crippen LogP contribution in [0.3, 0.4) is 0 Å². The van der Waals surface area contributed by atoms with E-state index in [1.165, 1.54) is 21.3 Å². The molecular weight excluding hydrogens is 306 g/mol. The van der Waals surface area contributed by atoms with Crippen molar-refractivity contribution in [3.05, 3.63) is 52.1 Å². The maximum atomic E-state index is 4.26. The zero-order valence-corrected chi connectivity index (χ0v) is 14.2. The molecule has 3 aromatic rings. The zero-order chi connectivity index (χ0) is 16.1. The van der Waals surface area contributed by atoms with Crippen molar-refractivity contribution in [2.24, 2.45) is 4.99 Å². The number of para-hydroxylation sites is 1. The number of thiazole rings is 1. The van der Waals surface area contributed by atoms with Crippen LogP contribution in [-0.2, 0) is 13.0 Å². The highest BCUT2D eigenvalue weighted by atomic mass is 32.1. The van der Waals surface area contributed by atoms with E-state index in [2.05, 4.69) is 50.0 Å². The van der Waals surface area contributed by atoms with E-state index in [9.17, 15) is 0 Å². The Balaban J connectivity index is 1.50. The number of benzene rings is 1. The van der Waals surface area contributed by atoms with E-state index in [1.807, 2.05) is 19.2 Å². The molecule has 2 aromatic heterocycles. The van der Waals surface area contributed by atoms with Crippen molar-refractivity contribution in [2.45, 2.75) is 19.9 Å². The third-order valence-electron chi connectivity index (χ3n) is 3.68. The van der Waals surface area contributed by atoms with Crippen molar-refractivity contribution in [1.29, 1.82) is 0 Å². The summed E-state index contributed by atoms with van der Waals surface area (Å²) in [5, 5.41) is 9.05. The summed E-state index contributed by atoms with van der Waals surface area (Å²) in [6.07, 6.45) is 4.94. The Bertz CT molecular complexity index is 802. The molecule has 3 rings (SSSR count). The molecule has 0 saturated carbocycles. The van der Waals surface area contributed by atoms with Gasteiger partial charge in [0.2, 0.25) is 0 Å². The monoisotopic (exact) mass is 327 g/mol. The van der Waals surface area contributed by atoms with Crippen LogP contribution >= 0.6 is 11.3 Å². The van der Waals surface area contributed by atoms with Crippen LogP contribution in [0.25, 0.3) is 10.9 Å². The quantitative estimate of drug-likeness (QED) is 0.499. The fourth-order valence-corrected chi connectivity index (χ4v) is 3.27. The van der Waals surface area contributed by atoms with Gasteiger partial charge in [0, 0.05) is 41.8 Å². The number of H-pyrrole nitrogens is 1. The maximum Gasteiger partial charge on any atom is 0.191 e. The van der Waals surface area contributed by atoms with E-state index in [0.29, 0.717) is 0 Å². The van der Waals surface area contributed by atoms with Gasteiger partial charge >= 0.3 is 0 Å². The van der Waals surface area contributed by atoms with Crippen molar-refractivity contribution < 1.29 is 0 Å². The van der Waals surface area contributed by atoms with E-state index in [1.54, 1.807) is 18.4 Å². The molecule has 0 fully saturated rings. The number of fused-ring (bicyclic) bond motifs is 1. The molecule has 2 heterocycles. The van der Waals surface area contributed by atoms with E-state index >= 15 is 0 Å². The van der Waals surface area contributed by atoms with Crippen LogP contribution in [0.1, 0.15) is 15.4 Å². The lowest BCUT2D eigenvalue weighted by atomic mass is 10.1. The van der Waals surface area contributed by atoms with Crippen LogP contribution in [0.15, 0.2) is 41.7 Å². The summed E-state index contributed by atoms with van der Waals surface area (Å²) < 4.78 is 0. The Kier molecular flexibility index (Phi) is 4.92. The van der Waals surface area contributed by atoms with Gasteiger partial charge in [-0.05, 0) is 25.0 Å². The zero-order valence-electron chi connectivity index (χ0n) is 13.4. The van der Waals surface area contributed by atoms with Gasteiger partial charge < -0.3 is 15.6 Å². The lowest BCUT2D eigenvalue weighted by Gasteiger charge is -2.10. The number of hydrogen-bond donors (Lipinski definition) is 3. The first-order chi connectivity index (χ1) is 11.3. The molecule has 23 heavy (non-hydrogen) atoms. The number of aryl methyl sites for hydroxylation is 1. The molecule has 0 unspecified atom stereocenters. The number of aliphatic imine (C=N–C) groups is 1. The first kappa shape index (κ1) is 15.6. The lowest BCUT2D eigenvalue weighted by Crippen LogP contribution is -2.37. The molecular formula is C17H21N5S. The molecule has 5 nitrogen and oxygen atoms in total. The fourth-order valence-electron chi connectivity index (χ4n) is 2.53. The average Bonchev–Trinajstić information content (AvgIpc) is 3.17. The maximum absolute atomic E-state index is 4.26. The van der Waals surface area contributed by atoms with Crippen molar-refractivity contribution >= 4 is 28.2 Å². The van der Waals surface area contributed by atoms with Gasteiger partial charge in [0.15, 0.2) is 5.96 Å². The van der Waals surface area contributed by atoms with Crippen LogP contribution in [0.4, 0.5) is 0 Å². The second-order valence-corrected chi connectivity index (χ2v) is 6.63. The third kappa shape index (κ3) is 3.90. The first-order valence-corrected chi connectivity index (χ1v) is 8.48. The van der Waals surface area contributed by atoms with E-state index in [-0.39, 0.29) is 0 Å². The van der Waals surface area contributed by atoms with Crippen LogP contribution in [0.5, 0.6) is 0 Å². The predicted octanol–water partition coefficient (Wildman–Crippen LogP) is 2.84. The second kappa shape index (κ2) is 7.28. The Morgan fingerprint density at radius 3 is 2.96 bits per heavy atom. The number of guanidine groups is 1. The summed E-state index contributed by atoms with van der Waals surface area (Å²) in [5.41, 5.74) is 2.51. The van der Waals surface area contributed by atoms with Crippen LogP contribution in [0.2, 0.25) is 0 Å². The number of nitrogens with one attached hydrogen (secondary N) is 3. The standard InChI is InChI=1S/C17H21N5S/c1-12-20-10-14(23-12)11-22-17(18-2)19-8-7-13-9-21-16-6-4-3-5-15(13)16/h3-6,9-10,21H,7-8,11H2,1-2H3,(H2,18,19,22). The molecule has 0 aliphatic carbocycles. The Labute approximate surface area is 139 Å². The van der Waals surface area contributed by atoms with Gasteiger partial charge in [-0.25, -0.2) is 4.98 Å². The highest BCUT2D eigenvalue weighted by Crippen LogP contribution is 2.17. The van der Waals surface area contributed by atoms with Crippen LogP contribution in [-0.4, -0.2) is 29.5 Å². The molecule has 0 radical (unpaired) electrons. The third-order valence-corrected chi connectivity index (χ3v) is 4.60. The topological polar surface area (TPSA) is 65.1 Å². The number of aromatic amines is 1. The number of rotatable bonds is 5. The molecule has 0 amide bonds. The highest BCUT2D eigenvalue weighted by molar-refractivity contribution is 7.11. The van der Waals surface area contributed by atoms with Crippen molar-refractivity contribution in [3.8, 4) is 0 Å². The normalized spacial score (nSPS) is 11.8.